The number of pyridine rings is 1. The SMILES string of the molecule is COc1ccc2cc1Oc1cc(ccc1O)CCC(=O)N[C@@H]1CN(C(=O)c3cccc(-n4cnnc4)n3)C[C@@H]21. The summed E-state index contributed by atoms with van der Waals surface area (Å²) in [5, 5.41) is 21.2. The van der Waals surface area contributed by atoms with E-state index in [-0.39, 0.29) is 47.4 Å². The zero-order valence-electron chi connectivity index (χ0n) is 21.2. The highest BCUT2D eigenvalue weighted by Gasteiger charge is 2.38. The molecule has 4 heterocycles. The van der Waals surface area contributed by atoms with Crippen molar-refractivity contribution < 1.29 is 24.2 Å². The standard InChI is InChI=1S/C28H26N6O5/c1-38-23-9-7-18-12-25(23)39-24-11-17(5-8-22(24)35)6-10-27(36)32-21-14-33(13-19(18)21)28(37)20-3-2-4-26(31-20)34-15-29-30-16-34/h2-5,7-9,11-12,15-16,19,21,35H,6,10,13-14H2,1H3,(H,32,36)/t19-,21+/m0/s1. The van der Waals surface area contributed by atoms with Crippen molar-refractivity contribution >= 4 is 11.8 Å². The topological polar surface area (TPSA) is 132 Å². The first-order valence-corrected chi connectivity index (χ1v) is 12.6. The molecule has 198 valence electrons. The van der Waals surface area contributed by atoms with Gasteiger partial charge in [0.05, 0.1) is 13.2 Å². The van der Waals surface area contributed by atoms with Crippen LogP contribution in [0.4, 0.5) is 0 Å². The summed E-state index contributed by atoms with van der Waals surface area (Å²) in [6.45, 7) is 0.692. The maximum Gasteiger partial charge on any atom is 0.272 e. The van der Waals surface area contributed by atoms with Crippen LogP contribution in [-0.4, -0.2) is 67.8 Å². The molecular formula is C28H26N6O5. The molecule has 2 N–H and O–H groups in total. The van der Waals surface area contributed by atoms with Gasteiger partial charge in [0, 0.05) is 25.4 Å². The quantitative estimate of drug-likeness (QED) is 0.417. The second-order valence-corrected chi connectivity index (χ2v) is 9.56. The van der Waals surface area contributed by atoms with Gasteiger partial charge in [-0.1, -0.05) is 18.2 Å². The smallest absolute Gasteiger partial charge is 0.272 e. The highest BCUT2D eigenvalue weighted by atomic mass is 16.5. The van der Waals surface area contributed by atoms with Gasteiger partial charge in [0.2, 0.25) is 5.91 Å². The van der Waals surface area contributed by atoms with Crippen molar-refractivity contribution in [1.29, 1.82) is 0 Å². The van der Waals surface area contributed by atoms with Gasteiger partial charge >= 0.3 is 0 Å². The third kappa shape index (κ3) is 4.86. The number of phenolic OH excluding ortho intramolecular Hbond substituents is 1. The molecule has 39 heavy (non-hydrogen) atoms. The Balaban J connectivity index is 1.34. The van der Waals surface area contributed by atoms with Crippen LogP contribution in [0.25, 0.3) is 5.82 Å². The number of ether oxygens (including phenoxy) is 2. The summed E-state index contributed by atoms with van der Waals surface area (Å²) in [6.07, 6.45) is 3.76. The van der Waals surface area contributed by atoms with E-state index in [2.05, 4.69) is 20.5 Å². The molecule has 2 atom stereocenters. The molecule has 1 saturated heterocycles. The monoisotopic (exact) mass is 526 g/mol. The number of rotatable bonds is 3. The molecule has 0 spiro atoms. The fraction of sp³-hybridized carbons (Fsp3) is 0.250. The lowest BCUT2D eigenvalue weighted by molar-refractivity contribution is -0.121. The van der Waals surface area contributed by atoms with Crippen molar-refractivity contribution in [1.82, 2.24) is 30.0 Å². The molecule has 1 fully saturated rings. The van der Waals surface area contributed by atoms with Gasteiger partial charge in [-0.3, -0.25) is 14.2 Å². The van der Waals surface area contributed by atoms with Crippen molar-refractivity contribution in [2.45, 2.75) is 24.8 Å². The molecule has 0 saturated carbocycles. The number of benzene rings is 2. The normalized spacial score (nSPS) is 18.6. The molecular weight excluding hydrogens is 500 g/mol. The number of likely N-dealkylation sites (tertiary alicyclic amines) is 1. The predicted molar refractivity (Wildman–Crippen MR) is 139 cm³/mol. The number of carbonyl (C=O) groups is 2. The molecule has 4 aromatic rings. The summed E-state index contributed by atoms with van der Waals surface area (Å²) in [5.41, 5.74) is 2.01. The van der Waals surface area contributed by atoms with Crippen LogP contribution in [0.5, 0.6) is 23.0 Å². The van der Waals surface area contributed by atoms with Crippen molar-refractivity contribution in [3.63, 3.8) is 0 Å². The number of nitrogens with zero attached hydrogens (tertiary/aromatic N) is 5. The van der Waals surface area contributed by atoms with Gasteiger partial charge in [0.1, 0.15) is 24.2 Å². The molecule has 2 amide bonds. The third-order valence-electron chi connectivity index (χ3n) is 7.09. The summed E-state index contributed by atoms with van der Waals surface area (Å²) in [4.78, 5) is 32.8. The average molecular weight is 527 g/mol. The number of nitrogens with one attached hydrogen (secondary N) is 1. The average Bonchev–Trinajstić information content (AvgIpc) is 3.64. The number of aromatic hydroxyl groups is 1. The van der Waals surface area contributed by atoms with E-state index in [1.165, 1.54) is 12.7 Å². The lowest BCUT2D eigenvalue weighted by atomic mass is 9.93. The number of phenols is 1. The Morgan fingerprint density at radius 1 is 1.05 bits per heavy atom. The molecule has 2 aromatic heterocycles. The van der Waals surface area contributed by atoms with Crippen molar-refractivity contribution in [3.8, 4) is 28.8 Å². The van der Waals surface area contributed by atoms with Gasteiger partial charge < -0.3 is 24.8 Å². The van der Waals surface area contributed by atoms with Crippen LogP contribution in [-0.2, 0) is 11.2 Å². The van der Waals surface area contributed by atoms with E-state index >= 15 is 0 Å². The Morgan fingerprint density at radius 3 is 2.72 bits per heavy atom. The molecule has 4 bridgehead atoms. The molecule has 11 heteroatoms. The van der Waals surface area contributed by atoms with E-state index in [1.54, 1.807) is 59.0 Å². The lowest BCUT2D eigenvalue weighted by Gasteiger charge is -2.21. The molecule has 0 radical (unpaired) electrons. The Bertz CT molecular complexity index is 1540. The highest BCUT2D eigenvalue weighted by Crippen LogP contribution is 2.40. The third-order valence-corrected chi connectivity index (χ3v) is 7.09. The Labute approximate surface area is 224 Å². The van der Waals surface area contributed by atoms with Gasteiger partial charge in [-0.2, -0.15) is 0 Å². The van der Waals surface area contributed by atoms with Crippen LogP contribution >= 0.6 is 0 Å². The first-order valence-electron chi connectivity index (χ1n) is 12.6. The number of carbonyl (C=O) groups excluding carboxylic acids is 2. The van der Waals surface area contributed by atoms with Crippen LogP contribution < -0.4 is 14.8 Å². The van der Waals surface area contributed by atoms with E-state index in [9.17, 15) is 14.7 Å². The minimum absolute atomic E-state index is 0.0118. The molecule has 6 rings (SSSR count). The zero-order chi connectivity index (χ0) is 26.9. The van der Waals surface area contributed by atoms with Gasteiger partial charge in [-0.15, -0.1) is 10.2 Å². The van der Waals surface area contributed by atoms with Crippen molar-refractivity contribution in [2.24, 2.45) is 0 Å². The summed E-state index contributed by atoms with van der Waals surface area (Å²) < 4.78 is 13.3. The Kier molecular flexibility index (Phi) is 6.31. The Hall–Kier alpha value is -4.93. The largest absolute Gasteiger partial charge is 0.504 e. The van der Waals surface area contributed by atoms with E-state index in [1.807, 2.05) is 12.1 Å². The molecule has 11 nitrogen and oxygen atoms in total. The molecule has 2 aliphatic heterocycles. The van der Waals surface area contributed by atoms with E-state index < -0.39 is 0 Å². The van der Waals surface area contributed by atoms with Crippen LogP contribution in [0.2, 0.25) is 0 Å². The van der Waals surface area contributed by atoms with Gasteiger partial charge in [-0.05, 0) is 53.9 Å². The summed E-state index contributed by atoms with van der Waals surface area (Å²) >= 11 is 0. The van der Waals surface area contributed by atoms with Crippen LogP contribution in [0.3, 0.4) is 0 Å². The van der Waals surface area contributed by atoms with Gasteiger partial charge in [0.15, 0.2) is 23.0 Å². The van der Waals surface area contributed by atoms with Crippen molar-refractivity contribution in [3.05, 3.63) is 84.1 Å². The number of aryl methyl sites for hydroxylation is 1. The second-order valence-electron chi connectivity index (χ2n) is 9.56. The van der Waals surface area contributed by atoms with Crippen LogP contribution in [0, 0.1) is 0 Å². The lowest BCUT2D eigenvalue weighted by Crippen LogP contribution is -2.40. The molecule has 0 unspecified atom stereocenters. The summed E-state index contributed by atoms with van der Waals surface area (Å²) in [5.74, 6) is 1.17. The van der Waals surface area contributed by atoms with Gasteiger partial charge in [0.25, 0.3) is 5.91 Å². The number of amides is 2. The van der Waals surface area contributed by atoms with E-state index in [0.29, 0.717) is 36.8 Å². The Morgan fingerprint density at radius 2 is 1.90 bits per heavy atom. The van der Waals surface area contributed by atoms with E-state index in [0.717, 1.165) is 11.1 Å². The first-order chi connectivity index (χ1) is 19.0. The minimum atomic E-state index is -0.319. The van der Waals surface area contributed by atoms with Crippen LogP contribution in [0.1, 0.15) is 34.0 Å². The number of hydrogen-bond acceptors (Lipinski definition) is 8. The second kappa shape index (κ2) is 10.1. The van der Waals surface area contributed by atoms with Crippen molar-refractivity contribution in [2.75, 3.05) is 20.2 Å². The van der Waals surface area contributed by atoms with Gasteiger partial charge in [-0.25, -0.2) is 4.98 Å². The maximum absolute atomic E-state index is 13.6. The number of methoxy groups -OCH3 is 1. The zero-order valence-corrected chi connectivity index (χ0v) is 21.2. The van der Waals surface area contributed by atoms with E-state index in [4.69, 9.17) is 9.47 Å². The molecule has 0 aliphatic carbocycles. The minimum Gasteiger partial charge on any atom is -0.504 e. The van der Waals surface area contributed by atoms with Crippen LogP contribution in [0.15, 0.2) is 67.3 Å². The fourth-order valence-electron chi connectivity index (χ4n) is 5.08. The number of fused-ring (bicyclic) bond motifs is 6. The first kappa shape index (κ1) is 24.4. The predicted octanol–water partition coefficient (Wildman–Crippen LogP) is 2.84. The molecule has 2 aromatic carbocycles. The molecule has 2 aliphatic rings. The summed E-state index contributed by atoms with van der Waals surface area (Å²) in [7, 11) is 1.55. The fourth-order valence-corrected chi connectivity index (χ4v) is 5.08. The summed E-state index contributed by atoms with van der Waals surface area (Å²) in [6, 6.07) is 15.5. The number of hydrogen-bond donors (Lipinski definition) is 2. The maximum atomic E-state index is 13.6. The highest BCUT2D eigenvalue weighted by molar-refractivity contribution is 5.93. The number of aromatic nitrogens is 4.